The van der Waals surface area contributed by atoms with Crippen LogP contribution in [0.3, 0.4) is 0 Å². The van der Waals surface area contributed by atoms with Crippen LogP contribution in [0.1, 0.15) is 17.0 Å². The van der Waals surface area contributed by atoms with Crippen molar-refractivity contribution in [3.05, 3.63) is 77.7 Å². The van der Waals surface area contributed by atoms with Crippen molar-refractivity contribution in [2.24, 2.45) is 0 Å². The van der Waals surface area contributed by atoms with Crippen LogP contribution in [0.15, 0.2) is 59.0 Å². The van der Waals surface area contributed by atoms with Crippen LogP contribution in [-0.2, 0) is 20.1 Å². The molecule has 1 aromatic heterocycles. The number of aromatic nitrogens is 1. The molecular weight excluding hydrogens is 510 g/mol. The van der Waals surface area contributed by atoms with Crippen LogP contribution in [0.4, 0.5) is 0 Å². The molecule has 0 aliphatic rings. The summed E-state index contributed by atoms with van der Waals surface area (Å²) in [7, 11) is 0. The fourth-order valence-corrected chi connectivity index (χ4v) is 4.09. The molecule has 5 aromatic rings. The van der Waals surface area contributed by atoms with Gasteiger partial charge < -0.3 is 4.42 Å². The topological polar surface area (TPSA) is 26.0 Å². The molecule has 5 rings (SSSR count). The molecule has 0 saturated carbocycles. The fourth-order valence-electron chi connectivity index (χ4n) is 4.09. The van der Waals surface area contributed by atoms with Gasteiger partial charge in [0, 0.05) is 37.9 Å². The van der Waals surface area contributed by atoms with Crippen LogP contribution in [0.2, 0.25) is 0 Å². The van der Waals surface area contributed by atoms with Gasteiger partial charge in [0.15, 0.2) is 5.89 Å². The molecule has 1 radical (unpaired) electrons. The first kappa shape index (κ1) is 17.9. The summed E-state index contributed by atoms with van der Waals surface area (Å²) >= 11 is 0. The van der Waals surface area contributed by atoms with Crippen LogP contribution in [0.5, 0.6) is 0 Å². The van der Waals surface area contributed by atoms with Crippen LogP contribution >= 0.6 is 0 Å². The number of hydrogen-bond donors (Lipinski definition) is 0. The molecule has 0 aliphatic carbocycles. The Bertz CT molecular complexity index is 1300. The summed E-state index contributed by atoms with van der Waals surface area (Å²) in [5.74, 6) is 0.683. The average molecular weight is 529 g/mol. The maximum atomic E-state index is 6.10. The van der Waals surface area contributed by atoms with E-state index in [-0.39, 0.29) is 20.1 Å². The minimum Gasteiger partial charge on any atom is -0.451 e. The predicted octanol–water partition coefficient (Wildman–Crippen LogP) is 6.52. The molecule has 3 heteroatoms. The Morgan fingerprint density at radius 2 is 1.56 bits per heavy atom. The Balaban J connectivity index is 0.00000180. The minimum absolute atomic E-state index is 0. The maximum absolute atomic E-state index is 6.10. The molecule has 0 unspecified atom stereocenters. The number of fused-ring (bicyclic) bond motifs is 6. The second kappa shape index (κ2) is 6.60. The van der Waals surface area contributed by atoms with Crippen molar-refractivity contribution < 1.29 is 24.5 Å². The Kier molecular flexibility index (Phi) is 4.38. The zero-order valence-electron chi connectivity index (χ0n) is 15.4. The van der Waals surface area contributed by atoms with Gasteiger partial charge in [0.1, 0.15) is 5.58 Å². The Hall–Kier alpha value is -2.48. The first-order valence-corrected chi connectivity index (χ1v) is 8.84. The molecule has 4 aromatic carbocycles. The summed E-state index contributed by atoms with van der Waals surface area (Å²) in [4.78, 5) is 4.67. The zero-order chi connectivity index (χ0) is 17.8. The molecule has 0 spiro atoms. The molecule has 27 heavy (non-hydrogen) atoms. The molecule has 0 N–H and O–H groups in total. The third kappa shape index (κ3) is 2.62. The smallest absolute Gasteiger partial charge is 0.181 e. The number of rotatable bonds is 1. The van der Waals surface area contributed by atoms with Crippen LogP contribution in [-0.4, -0.2) is 4.98 Å². The van der Waals surface area contributed by atoms with Crippen molar-refractivity contribution in [3.63, 3.8) is 0 Å². The van der Waals surface area contributed by atoms with E-state index in [0.717, 1.165) is 27.3 Å². The van der Waals surface area contributed by atoms with E-state index in [9.17, 15) is 0 Å². The van der Waals surface area contributed by atoms with E-state index >= 15 is 0 Å². The molecule has 2 nitrogen and oxygen atoms in total. The van der Waals surface area contributed by atoms with Gasteiger partial charge in [-0.1, -0.05) is 41.8 Å². The summed E-state index contributed by atoms with van der Waals surface area (Å²) < 4.78 is 6.10. The molecule has 0 atom stereocenters. The molecule has 0 aliphatic heterocycles. The standard InChI is InChI=1S/C24H18NO.Ir/c1-14-8-6-9-15(2)21(14)20-13-7-12-18-17-10-4-5-11-19(17)23-24(22(18)20)26-16(3)25-23;/h4-10,12-13H,1-3H3;/q-1;. The van der Waals surface area contributed by atoms with E-state index in [1.54, 1.807) is 0 Å². The van der Waals surface area contributed by atoms with Crippen LogP contribution in [0.25, 0.3) is 43.8 Å². The van der Waals surface area contributed by atoms with Crippen LogP contribution < -0.4 is 0 Å². The molecule has 135 valence electrons. The number of benzene rings is 4. The average Bonchev–Trinajstić information content (AvgIpc) is 3.03. The maximum Gasteiger partial charge on any atom is 0.181 e. The van der Waals surface area contributed by atoms with Gasteiger partial charge in [-0.15, -0.1) is 29.7 Å². The fraction of sp³-hybridized carbons (Fsp3) is 0.125. The number of nitrogens with zero attached hydrogens (tertiary/aromatic N) is 1. The third-order valence-corrected chi connectivity index (χ3v) is 5.16. The van der Waals surface area contributed by atoms with Gasteiger partial charge in [0.05, 0.1) is 0 Å². The Labute approximate surface area is 171 Å². The summed E-state index contributed by atoms with van der Waals surface area (Å²) in [5.41, 5.74) is 6.75. The van der Waals surface area contributed by atoms with Gasteiger partial charge in [0.2, 0.25) is 0 Å². The third-order valence-electron chi connectivity index (χ3n) is 5.16. The van der Waals surface area contributed by atoms with E-state index in [0.29, 0.717) is 5.89 Å². The molecule has 0 fully saturated rings. The van der Waals surface area contributed by atoms with Crippen molar-refractivity contribution in [2.45, 2.75) is 20.8 Å². The monoisotopic (exact) mass is 529 g/mol. The molecule has 0 bridgehead atoms. The first-order valence-electron chi connectivity index (χ1n) is 8.84. The van der Waals surface area contributed by atoms with E-state index in [4.69, 9.17) is 4.42 Å². The number of oxazole rings is 1. The van der Waals surface area contributed by atoms with Crippen molar-refractivity contribution in [2.75, 3.05) is 0 Å². The van der Waals surface area contributed by atoms with E-state index < -0.39 is 0 Å². The summed E-state index contributed by atoms with van der Waals surface area (Å²) in [6, 6.07) is 22.4. The Morgan fingerprint density at radius 3 is 2.33 bits per heavy atom. The largest absolute Gasteiger partial charge is 0.451 e. The van der Waals surface area contributed by atoms with E-state index in [2.05, 4.69) is 67.4 Å². The minimum atomic E-state index is 0. The van der Waals surface area contributed by atoms with Crippen molar-refractivity contribution >= 4 is 32.6 Å². The van der Waals surface area contributed by atoms with Gasteiger partial charge in [-0.2, -0.15) is 0 Å². The van der Waals surface area contributed by atoms with Crippen molar-refractivity contribution in [1.82, 2.24) is 4.98 Å². The zero-order valence-corrected chi connectivity index (χ0v) is 17.8. The second-order valence-electron chi connectivity index (χ2n) is 6.86. The summed E-state index contributed by atoms with van der Waals surface area (Å²) in [6.45, 7) is 6.24. The summed E-state index contributed by atoms with van der Waals surface area (Å²) in [6.07, 6.45) is 0. The van der Waals surface area contributed by atoms with Gasteiger partial charge in [0.25, 0.3) is 0 Å². The first-order chi connectivity index (χ1) is 12.6. The number of hydrogen-bond acceptors (Lipinski definition) is 2. The van der Waals surface area contributed by atoms with Crippen molar-refractivity contribution in [3.8, 4) is 11.1 Å². The quantitative estimate of drug-likeness (QED) is 0.183. The Morgan fingerprint density at radius 1 is 0.852 bits per heavy atom. The van der Waals surface area contributed by atoms with Gasteiger partial charge in [-0.05, 0) is 41.5 Å². The second-order valence-corrected chi connectivity index (χ2v) is 6.86. The normalized spacial score (nSPS) is 11.2. The molecule has 1 heterocycles. The van der Waals surface area contributed by atoms with Gasteiger partial charge in [-0.25, -0.2) is 0 Å². The molecular formula is C24H18IrNO-. The number of aryl methyl sites for hydroxylation is 3. The van der Waals surface area contributed by atoms with Crippen LogP contribution in [0, 0.1) is 26.8 Å². The molecule has 0 amide bonds. The van der Waals surface area contributed by atoms with Gasteiger partial charge >= 0.3 is 0 Å². The summed E-state index contributed by atoms with van der Waals surface area (Å²) in [5, 5.41) is 4.50. The van der Waals surface area contributed by atoms with Crippen molar-refractivity contribution in [1.29, 1.82) is 0 Å². The van der Waals surface area contributed by atoms with E-state index in [1.165, 1.54) is 27.6 Å². The van der Waals surface area contributed by atoms with E-state index in [1.807, 2.05) is 19.1 Å². The molecule has 0 saturated heterocycles. The predicted molar refractivity (Wildman–Crippen MR) is 108 cm³/mol. The van der Waals surface area contributed by atoms with Gasteiger partial charge in [-0.3, -0.25) is 4.98 Å². The SMILES string of the molecule is Cc1nc2c3[c-]cccc3c3cccc(-c4c(C)cccc4C)c3c2o1.[Ir].